The van der Waals surface area contributed by atoms with E-state index in [1.165, 1.54) is 44.5 Å². The van der Waals surface area contributed by atoms with Crippen molar-refractivity contribution in [2.45, 2.75) is 41.5 Å². The summed E-state index contributed by atoms with van der Waals surface area (Å²) in [5.74, 6) is 0. The van der Waals surface area contributed by atoms with Crippen LogP contribution in [-0.2, 0) is 0 Å². The molecular formula is C20H24. The second-order valence-electron chi connectivity index (χ2n) is 5.74. The molecule has 0 aliphatic heterocycles. The SMILES string of the molecule is C/C(=C\c1ccccc1)c1c(C)c(C)c(C)c(C)c1C. The van der Waals surface area contributed by atoms with Crippen LogP contribution in [-0.4, -0.2) is 0 Å². The fourth-order valence-corrected chi connectivity index (χ4v) is 2.96. The second-order valence-corrected chi connectivity index (χ2v) is 5.74. The van der Waals surface area contributed by atoms with E-state index in [4.69, 9.17) is 0 Å². The third-order valence-corrected chi connectivity index (χ3v) is 4.58. The van der Waals surface area contributed by atoms with Crippen LogP contribution in [0.5, 0.6) is 0 Å². The second kappa shape index (κ2) is 5.66. The largest absolute Gasteiger partial charge is 0.0622 e. The van der Waals surface area contributed by atoms with Crippen LogP contribution in [0, 0.1) is 34.6 Å². The van der Waals surface area contributed by atoms with E-state index in [0.717, 1.165) is 0 Å². The zero-order valence-electron chi connectivity index (χ0n) is 13.5. The molecule has 2 aromatic rings. The summed E-state index contributed by atoms with van der Waals surface area (Å²) in [5, 5.41) is 0. The highest BCUT2D eigenvalue weighted by atomic mass is 14.2. The molecule has 0 amide bonds. The first-order valence-electron chi connectivity index (χ1n) is 7.24. The van der Waals surface area contributed by atoms with Gasteiger partial charge in [-0.25, -0.2) is 0 Å². The lowest BCUT2D eigenvalue weighted by Gasteiger charge is -2.19. The highest BCUT2D eigenvalue weighted by Crippen LogP contribution is 2.31. The molecule has 0 aliphatic carbocycles. The van der Waals surface area contributed by atoms with Crippen molar-refractivity contribution in [1.82, 2.24) is 0 Å². The van der Waals surface area contributed by atoms with E-state index in [-0.39, 0.29) is 0 Å². The Morgan fingerprint density at radius 1 is 0.700 bits per heavy atom. The number of hydrogen-bond donors (Lipinski definition) is 0. The van der Waals surface area contributed by atoms with Gasteiger partial charge in [0.15, 0.2) is 0 Å². The van der Waals surface area contributed by atoms with Crippen molar-refractivity contribution in [3.8, 4) is 0 Å². The molecule has 2 rings (SSSR count). The molecule has 0 unspecified atom stereocenters. The predicted molar refractivity (Wildman–Crippen MR) is 90.1 cm³/mol. The third kappa shape index (κ3) is 2.56. The smallest absolute Gasteiger partial charge is 0.0163 e. The number of rotatable bonds is 2. The van der Waals surface area contributed by atoms with Crippen LogP contribution in [0.4, 0.5) is 0 Å². The molecule has 0 bridgehead atoms. The van der Waals surface area contributed by atoms with Crippen molar-refractivity contribution in [3.05, 3.63) is 69.3 Å². The average Bonchev–Trinajstić information content (AvgIpc) is 2.44. The molecule has 0 saturated heterocycles. The fourth-order valence-electron chi connectivity index (χ4n) is 2.96. The van der Waals surface area contributed by atoms with E-state index in [1.54, 1.807) is 0 Å². The van der Waals surface area contributed by atoms with Gasteiger partial charge in [-0.1, -0.05) is 36.4 Å². The molecular weight excluding hydrogens is 240 g/mol. The number of benzene rings is 2. The molecule has 2 aromatic carbocycles. The molecule has 104 valence electrons. The Labute approximate surface area is 123 Å². The molecule has 0 saturated carbocycles. The monoisotopic (exact) mass is 264 g/mol. The van der Waals surface area contributed by atoms with E-state index in [9.17, 15) is 0 Å². The Bertz CT molecular complexity index is 629. The van der Waals surface area contributed by atoms with Crippen LogP contribution < -0.4 is 0 Å². The highest BCUT2D eigenvalue weighted by molar-refractivity contribution is 5.84. The highest BCUT2D eigenvalue weighted by Gasteiger charge is 2.13. The van der Waals surface area contributed by atoms with Crippen molar-refractivity contribution < 1.29 is 0 Å². The molecule has 0 nitrogen and oxygen atoms in total. The summed E-state index contributed by atoms with van der Waals surface area (Å²) in [6.45, 7) is 13.4. The van der Waals surface area contributed by atoms with E-state index < -0.39 is 0 Å². The lowest BCUT2D eigenvalue weighted by Crippen LogP contribution is -2.01. The fraction of sp³-hybridized carbons (Fsp3) is 0.300. The summed E-state index contributed by atoms with van der Waals surface area (Å²) in [5.41, 5.74) is 11.1. The van der Waals surface area contributed by atoms with Gasteiger partial charge in [0.2, 0.25) is 0 Å². The Morgan fingerprint density at radius 3 is 1.65 bits per heavy atom. The van der Waals surface area contributed by atoms with Crippen LogP contribution in [0.25, 0.3) is 11.6 Å². The quantitative estimate of drug-likeness (QED) is 0.602. The molecule has 0 radical (unpaired) electrons. The average molecular weight is 264 g/mol. The molecule has 0 fully saturated rings. The Morgan fingerprint density at radius 2 is 1.15 bits per heavy atom. The van der Waals surface area contributed by atoms with Gasteiger partial charge in [-0.15, -0.1) is 0 Å². The summed E-state index contributed by atoms with van der Waals surface area (Å²) >= 11 is 0. The van der Waals surface area contributed by atoms with Crippen molar-refractivity contribution in [2.24, 2.45) is 0 Å². The summed E-state index contributed by atoms with van der Waals surface area (Å²) in [6.07, 6.45) is 2.28. The van der Waals surface area contributed by atoms with Crippen LogP contribution in [0.2, 0.25) is 0 Å². The van der Waals surface area contributed by atoms with E-state index in [0.29, 0.717) is 0 Å². The third-order valence-electron chi connectivity index (χ3n) is 4.58. The van der Waals surface area contributed by atoms with Crippen molar-refractivity contribution in [1.29, 1.82) is 0 Å². The Kier molecular flexibility index (Phi) is 4.13. The van der Waals surface area contributed by atoms with Crippen molar-refractivity contribution in [2.75, 3.05) is 0 Å². The summed E-state index contributed by atoms with van der Waals surface area (Å²) < 4.78 is 0. The summed E-state index contributed by atoms with van der Waals surface area (Å²) in [6, 6.07) is 10.5. The zero-order valence-corrected chi connectivity index (χ0v) is 13.5. The van der Waals surface area contributed by atoms with Crippen molar-refractivity contribution >= 4 is 11.6 Å². The summed E-state index contributed by atoms with van der Waals surface area (Å²) in [4.78, 5) is 0. The summed E-state index contributed by atoms with van der Waals surface area (Å²) in [7, 11) is 0. The molecule has 0 heteroatoms. The number of hydrogen-bond acceptors (Lipinski definition) is 0. The van der Waals surface area contributed by atoms with Gasteiger partial charge in [-0.2, -0.15) is 0 Å². The molecule has 0 aromatic heterocycles. The predicted octanol–water partition coefficient (Wildman–Crippen LogP) is 5.79. The molecule has 0 atom stereocenters. The molecule has 20 heavy (non-hydrogen) atoms. The maximum atomic E-state index is 2.28. The minimum absolute atomic E-state index is 1.26. The van der Waals surface area contributed by atoms with E-state index >= 15 is 0 Å². The minimum atomic E-state index is 1.26. The van der Waals surface area contributed by atoms with Crippen LogP contribution in [0.15, 0.2) is 30.3 Å². The van der Waals surface area contributed by atoms with E-state index in [1.807, 2.05) is 0 Å². The van der Waals surface area contributed by atoms with Gasteiger partial charge in [-0.3, -0.25) is 0 Å². The zero-order chi connectivity index (χ0) is 14.9. The first-order valence-corrected chi connectivity index (χ1v) is 7.24. The van der Waals surface area contributed by atoms with Crippen LogP contribution in [0.1, 0.15) is 45.9 Å². The minimum Gasteiger partial charge on any atom is -0.0622 e. The Hall–Kier alpha value is -1.82. The molecule has 0 aliphatic rings. The van der Waals surface area contributed by atoms with Crippen LogP contribution >= 0.6 is 0 Å². The van der Waals surface area contributed by atoms with Gasteiger partial charge >= 0.3 is 0 Å². The first kappa shape index (κ1) is 14.6. The normalized spacial score (nSPS) is 11.8. The van der Waals surface area contributed by atoms with Gasteiger partial charge in [0.05, 0.1) is 0 Å². The van der Waals surface area contributed by atoms with E-state index in [2.05, 4.69) is 78.0 Å². The number of allylic oxidation sites excluding steroid dienone is 1. The topological polar surface area (TPSA) is 0 Å². The van der Waals surface area contributed by atoms with Crippen LogP contribution in [0.3, 0.4) is 0 Å². The molecule has 0 heterocycles. The van der Waals surface area contributed by atoms with Gasteiger partial charge in [0.1, 0.15) is 0 Å². The van der Waals surface area contributed by atoms with Crippen molar-refractivity contribution in [3.63, 3.8) is 0 Å². The lowest BCUT2D eigenvalue weighted by molar-refractivity contribution is 1.16. The van der Waals surface area contributed by atoms with Gasteiger partial charge in [-0.05, 0) is 86.1 Å². The first-order chi connectivity index (χ1) is 9.43. The van der Waals surface area contributed by atoms with Gasteiger partial charge in [0.25, 0.3) is 0 Å². The molecule has 0 spiro atoms. The van der Waals surface area contributed by atoms with Gasteiger partial charge in [0, 0.05) is 0 Å². The standard InChI is InChI=1S/C20H24/c1-13(12-19-10-8-7-9-11-19)20-17(5)15(3)14(2)16(4)18(20)6/h7-12H,1-6H3/b13-12+. The maximum absolute atomic E-state index is 2.28. The molecule has 0 N–H and O–H groups in total. The Balaban J connectivity index is 2.62. The maximum Gasteiger partial charge on any atom is -0.0163 e. The lowest BCUT2D eigenvalue weighted by atomic mass is 9.86. The van der Waals surface area contributed by atoms with Gasteiger partial charge < -0.3 is 0 Å².